The van der Waals surface area contributed by atoms with Crippen LogP contribution in [0.2, 0.25) is 0 Å². The monoisotopic (exact) mass is 162 g/mol. The van der Waals surface area contributed by atoms with E-state index in [1.165, 1.54) is 7.11 Å². The van der Waals surface area contributed by atoms with Crippen molar-refractivity contribution in [3.05, 3.63) is 4.91 Å². The third-order valence-corrected chi connectivity index (χ3v) is 1.40. The molecule has 5 nitrogen and oxygen atoms in total. The van der Waals surface area contributed by atoms with Gasteiger partial charge in [-0.05, 0) is 0 Å². The largest absolute Gasteiger partial charge is 0.382 e. The van der Waals surface area contributed by atoms with Crippen LogP contribution in [0.3, 0.4) is 0 Å². The molecular formula is C6H14N2O3. The summed E-state index contributed by atoms with van der Waals surface area (Å²) in [6.07, 6.45) is -0.252. The van der Waals surface area contributed by atoms with Gasteiger partial charge in [-0.25, -0.2) is 0 Å². The Morgan fingerprint density at radius 3 is 2.55 bits per heavy atom. The van der Waals surface area contributed by atoms with Crippen LogP contribution in [0.1, 0.15) is 0 Å². The molecule has 0 aliphatic carbocycles. The highest BCUT2D eigenvalue weighted by molar-refractivity contribution is 4.74. The molecule has 2 atom stereocenters. The van der Waals surface area contributed by atoms with Crippen LogP contribution in [0.4, 0.5) is 0 Å². The highest BCUT2D eigenvalue weighted by Gasteiger charge is 2.16. The molecule has 11 heavy (non-hydrogen) atoms. The van der Waals surface area contributed by atoms with Gasteiger partial charge in [-0.3, -0.25) is 0 Å². The van der Waals surface area contributed by atoms with Gasteiger partial charge in [-0.1, -0.05) is 5.18 Å². The third-order valence-electron chi connectivity index (χ3n) is 1.40. The molecule has 0 saturated heterocycles. The molecule has 0 saturated carbocycles. The molecule has 0 aromatic rings. The van der Waals surface area contributed by atoms with Gasteiger partial charge in [0.1, 0.15) is 0 Å². The van der Waals surface area contributed by atoms with Gasteiger partial charge in [-0.15, -0.1) is 0 Å². The van der Waals surface area contributed by atoms with Crippen LogP contribution in [-0.2, 0) is 9.47 Å². The molecule has 0 aromatic carbocycles. The van der Waals surface area contributed by atoms with Gasteiger partial charge in [0.25, 0.3) is 0 Å². The maximum absolute atomic E-state index is 9.81. The zero-order chi connectivity index (χ0) is 8.69. The molecule has 0 aliphatic rings. The van der Waals surface area contributed by atoms with Crippen LogP contribution in [0.25, 0.3) is 0 Å². The van der Waals surface area contributed by atoms with E-state index in [0.717, 1.165) is 0 Å². The molecule has 0 amide bonds. The van der Waals surface area contributed by atoms with Gasteiger partial charge < -0.3 is 15.2 Å². The zero-order valence-corrected chi connectivity index (χ0v) is 6.82. The maximum Gasteiger partial charge on any atom is 0.0988 e. The summed E-state index contributed by atoms with van der Waals surface area (Å²) in [5, 5.41) is 2.68. The molecule has 0 bridgehead atoms. The van der Waals surface area contributed by atoms with Crippen molar-refractivity contribution in [3.8, 4) is 0 Å². The maximum atomic E-state index is 9.81. The van der Waals surface area contributed by atoms with Crippen molar-refractivity contribution in [2.24, 2.45) is 10.9 Å². The summed E-state index contributed by atoms with van der Waals surface area (Å²) in [6.45, 7) is 0.440. The summed E-state index contributed by atoms with van der Waals surface area (Å²) in [7, 11) is 3.07. The van der Waals surface area contributed by atoms with Gasteiger partial charge >= 0.3 is 0 Å². The van der Waals surface area contributed by atoms with Gasteiger partial charge in [-0.2, -0.15) is 4.91 Å². The number of methoxy groups -OCH3 is 2. The Morgan fingerprint density at radius 2 is 2.18 bits per heavy atom. The van der Waals surface area contributed by atoms with Gasteiger partial charge in [0.2, 0.25) is 0 Å². The Kier molecular flexibility index (Phi) is 5.91. The van der Waals surface area contributed by atoms with Gasteiger partial charge in [0.05, 0.1) is 25.3 Å². The molecule has 2 N–H and O–H groups in total. The van der Waals surface area contributed by atoms with Crippen LogP contribution in [-0.4, -0.2) is 39.5 Å². The first-order valence-electron chi connectivity index (χ1n) is 3.32. The number of ether oxygens (including phenoxy) is 2. The topological polar surface area (TPSA) is 73.9 Å². The summed E-state index contributed by atoms with van der Waals surface area (Å²) >= 11 is 0. The van der Waals surface area contributed by atoms with Crippen molar-refractivity contribution < 1.29 is 9.47 Å². The second-order valence-corrected chi connectivity index (χ2v) is 2.21. The Hall–Kier alpha value is -0.520. The zero-order valence-electron chi connectivity index (χ0n) is 6.82. The van der Waals surface area contributed by atoms with E-state index < -0.39 is 0 Å². The fraction of sp³-hybridized carbons (Fsp3) is 1.00. The fourth-order valence-corrected chi connectivity index (χ4v) is 0.734. The highest BCUT2D eigenvalue weighted by atomic mass is 16.5. The van der Waals surface area contributed by atoms with Crippen molar-refractivity contribution in [1.29, 1.82) is 0 Å². The predicted molar refractivity (Wildman–Crippen MR) is 41.3 cm³/mol. The minimum Gasteiger partial charge on any atom is -0.382 e. The lowest BCUT2D eigenvalue weighted by Crippen LogP contribution is -2.41. The quantitative estimate of drug-likeness (QED) is 0.546. The molecule has 0 heterocycles. The summed E-state index contributed by atoms with van der Waals surface area (Å²) < 4.78 is 9.77. The molecule has 0 rings (SSSR count). The lowest BCUT2D eigenvalue weighted by atomic mass is 10.2. The Balaban J connectivity index is 3.70. The van der Waals surface area contributed by atoms with Gasteiger partial charge in [0, 0.05) is 14.2 Å². The van der Waals surface area contributed by atoms with E-state index in [2.05, 4.69) is 5.18 Å². The van der Waals surface area contributed by atoms with Gasteiger partial charge in [0.15, 0.2) is 0 Å². The molecular weight excluding hydrogens is 148 g/mol. The second-order valence-electron chi connectivity index (χ2n) is 2.21. The average Bonchev–Trinajstić information content (AvgIpc) is 2.00. The number of nitroso groups, excluding NO2 is 1. The summed E-state index contributed by atoms with van der Waals surface area (Å²) in [5.74, 6) is 0. The Bertz CT molecular complexity index is 110. The molecule has 0 aliphatic heterocycles. The van der Waals surface area contributed by atoms with E-state index in [0.29, 0.717) is 6.61 Å². The smallest absolute Gasteiger partial charge is 0.0988 e. The number of rotatable bonds is 6. The first-order valence-corrected chi connectivity index (χ1v) is 3.32. The van der Waals surface area contributed by atoms with Crippen molar-refractivity contribution >= 4 is 0 Å². The molecule has 0 aromatic heterocycles. The Labute approximate surface area is 65.8 Å². The molecule has 0 spiro atoms. The second kappa shape index (κ2) is 6.21. The van der Waals surface area contributed by atoms with Crippen molar-refractivity contribution in [2.45, 2.75) is 12.1 Å². The molecule has 5 heteroatoms. The summed E-state index contributed by atoms with van der Waals surface area (Å²) in [5.41, 5.74) is 5.53. The normalized spacial score (nSPS) is 15.9. The van der Waals surface area contributed by atoms with Crippen LogP contribution < -0.4 is 5.73 Å². The lowest BCUT2D eigenvalue weighted by molar-refractivity contribution is 0.0147. The van der Waals surface area contributed by atoms with E-state index in [1.54, 1.807) is 7.11 Å². The number of hydrogen-bond donors (Lipinski definition) is 1. The SMILES string of the molecule is COCC(OC)C(N)CN=O. The molecule has 0 radical (unpaired) electrons. The van der Waals surface area contributed by atoms with Crippen molar-refractivity contribution in [2.75, 3.05) is 27.4 Å². The minimum absolute atomic E-state index is 0.0574. The van der Waals surface area contributed by atoms with E-state index in [9.17, 15) is 4.91 Å². The van der Waals surface area contributed by atoms with Crippen molar-refractivity contribution in [1.82, 2.24) is 0 Å². The van der Waals surface area contributed by atoms with Crippen LogP contribution in [0, 0.1) is 4.91 Å². The standard InChI is InChI=1S/C6H14N2O3/c1-10-4-6(11-2)5(7)3-8-9/h5-6H,3-4,7H2,1-2H3. The van der Waals surface area contributed by atoms with E-state index in [-0.39, 0.29) is 18.7 Å². The van der Waals surface area contributed by atoms with E-state index in [1.807, 2.05) is 0 Å². The van der Waals surface area contributed by atoms with Crippen molar-refractivity contribution in [3.63, 3.8) is 0 Å². The average molecular weight is 162 g/mol. The first kappa shape index (κ1) is 10.5. The molecule has 66 valence electrons. The number of hydrogen-bond acceptors (Lipinski definition) is 5. The lowest BCUT2D eigenvalue weighted by Gasteiger charge is -2.18. The van der Waals surface area contributed by atoms with Crippen LogP contribution in [0.5, 0.6) is 0 Å². The highest BCUT2D eigenvalue weighted by Crippen LogP contribution is 1.96. The predicted octanol–water partition coefficient (Wildman–Crippen LogP) is -0.258. The van der Waals surface area contributed by atoms with Crippen LogP contribution >= 0.6 is 0 Å². The van der Waals surface area contributed by atoms with E-state index >= 15 is 0 Å². The minimum atomic E-state index is -0.377. The van der Waals surface area contributed by atoms with E-state index in [4.69, 9.17) is 15.2 Å². The summed E-state index contributed by atoms with van der Waals surface area (Å²) in [6, 6.07) is -0.377. The number of nitrogens with zero attached hydrogens (tertiary/aromatic N) is 1. The molecule has 0 fully saturated rings. The number of nitrogens with two attached hydrogens (primary N) is 1. The first-order chi connectivity index (χ1) is 5.26. The molecule has 2 unspecified atom stereocenters. The Morgan fingerprint density at radius 1 is 1.55 bits per heavy atom. The fourth-order valence-electron chi connectivity index (χ4n) is 0.734. The summed E-state index contributed by atoms with van der Waals surface area (Å²) in [4.78, 5) is 9.81. The third kappa shape index (κ3) is 4.02. The van der Waals surface area contributed by atoms with Crippen LogP contribution in [0.15, 0.2) is 5.18 Å².